The van der Waals surface area contributed by atoms with Crippen LogP contribution in [-0.2, 0) is 14.3 Å². The third-order valence-corrected chi connectivity index (χ3v) is 8.21. The number of guanidine groups is 2. The minimum absolute atomic E-state index is 0.00586. The molecule has 13 nitrogen and oxygen atoms in total. The summed E-state index contributed by atoms with van der Waals surface area (Å²) in [6.07, 6.45) is -1.65. The maximum atomic E-state index is 13.1. The number of hydrogen-bond acceptors (Lipinski definition) is 7. The summed E-state index contributed by atoms with van der Waals surface area (Å²) >= 11 is 0. The van der Waals surface area contributed by atoms with Crippen molar-refractivity contribution in [3.63, 3.8) is 0 Å². The number of carbonyl (C=O) groups is 3. The first-order chi connectivity index (χ1) is 17.8. The van der Waals surface area contributed by atoms with Crippen LogP contribution in [0.5, 0.6) is 0 Å². The minimum Gasteiger partial charge on any atom is -0.441 e. The number of carbonyl (C=O) groups excluding carboxylic acids is 3. The first-order valence-electron chi connectivity index (χ1n) is 12.6. The van der Waals surface area contributed by atoms with Gasteiger partial charge in [-0.15, -0.1) is 0 Å². The highest BCUT2D eigenvalue weighted by Gasteiger charge is 2.67. The molecule has 6 atom stereocenters. The molecule has 5 saturated heterocycles. The fraction of sp³-hybridized carbons (Fsp3) is 0.542. The van der Waals surface area contributed by atoms with E-state index in [0.717, 1.165) is 16.9 Å². The van der Waals surface area contributed by atoms with Gasteiger partial charge in [-0.05, 0) is 12.0 Å². The number of nitrogens with zero attached hydrogens (tertiary/aromatic N) is 3. The van der Waals surface area contributed by atoms with E-state index >= 15 is 0 Å². The van der Waals surface area contributed by atoms with Gasteiger partial charge in [-0.25, -0.2) is 4.79 Å². The Bertz CT molecular complexity index is 1150. The Morgan fingerprint density at radius 3 is 2.57 bits per heavy atom. The van der Waals surface area contributed by atoms with Crippen LogP contribution in [0.1, 0.15) is 30.7 Å². The van der Waals surface area contributed by atoms with Crippen LogP contribution in [0.4, 0.5) is 4.79 Å². The van der Waals surface area contributed by atoms with Crippen molar-refractivity contribution in [3.8, 4) is 0 Å². The molecule has 3 amide bonds. The Morgan fingerprint density at radius 2 is 1.84 bits per heavy atom. The molecule has 5 aliphatic heterocycles. The largest absolute Gasteiger partial charge is 0.441 e. The third-order valence-electron chi connectivity index (χ3n) is 8.21. The number of aliphatic hydroxyl groups is 1. The van der Waals surface area contributed by atoms with E-state index in [-0.39, 0.29) is 55.6 Å². The number of likely N-dealkylation sites (tertiary alicyclic amines) is 2. The molecule has 13 heteroatoms. The van der Waals surface area contributed by atoms with Gasteiger partial charge in [0.15, 0.2) is 23.7 Å². The molecule has 4 unspecified atom stereocenters. The first kappa shape index (κ1) is 23.5. The summed E-state index contributed by atoms with van der Waals surface area (Å²) in [5, 5.41) is 37.3. The Labute approximate surface area is 213 Å². The van der Waals surface area contributed by atoms with Crippen LogP contribution >= 0.6 is 0 Å². The molecule has 0 saturated carbocycles. The lowest BCUT2D eigenvalue weighted by Crippen LogP contribution is -2.78. The molecule has 0 bridgehead atoms. The molecule has 1 aromatic carbocycles. The molecule has 5 heterocycles. The van der Waals surface area contributed by atoms with E-state index in [1.165, 1.54) is 0 Å². The van der Waals surface area contributed by atoms with E-state index in [1.54, 1.807) is 9.80 Å². The second-order valence-corrected chi connectivity index (χ2v) is 10.3. The van der Waals surface area contributed by atoms with Gasteiger partial charge in [-0.3, -0.25) is 25.3 Å². The number of rotatable bonds is 4. The zero-order valence-corrected chi connectivity index (χ0v) is 20.1. The summed E-state index contributed by atoms with van der Waals surface area (Å²) in [4.78, 5) is 41.9. The second kappa shape index (κ2) is 8.61. The molecule has 5 aliphatic rings. The van der Waals surface area contributed by atoms with E-state index in [4.69, 9.17) is 15.6 Å². The molecular weight excluding hydrogens is 480 g/mol. The number of benzene rings is 1. The summed E-state index contributed by atoms with van der Waals surface area (Å²) in [5.41, 5.74) is -0.184. The molecule has 5 fully saturated rings. The fourth-order valence-electron chi connectivity index (χ4n) is 6.37. The van der Waals surface area contributed by atoms with Gasteiger partial charge in [0, 0.05) is 31.8 Å². The average molecular weight is 511 g/mol. The van der Waals surface area contributed by atoms with Crippen molar-refractivity contribution < 1.29 is 24.2 Å². The van der Waals surface area contributed by atoms with E-state index in [2.05, 4.69) is 16.0 Å². The van der Waals surface area contributed by atoms with Crippen LogP contribution in [0.3, 0.4) is 0 Å². The molecule has 6 N–H and O–H groups in total. The Kier molecular flexibility index (Phi) is 5.48. The summed E-state index contributed by atoms with van der Waals surface area (Å²) in [6, 6.07) is 8.68. The SMILES string of the molecule is N=C1NC2C(CN3C(=O)CCC3=O)NC(=N)N3C[C@H](OC(=O)N4CCC(c5ccccc5)C4)[C@@H](O)C23N1. The van der Waals surface area contributed by atoms with Crippen molar-refractivity contribution >= 4 is 29.8 Å². The van der Waals surface area contributed by atoms with Crippen molar-refractivity contribution in [2.45, 2.75) is 55.1 Å². The molecule has 0 radical (unpaired) electrons. The molecule has 6 rings (SSSR count). The fourth-order valence-corrected chi connectivity index (χ4v) is 6.37. The van der Waals surface area contributed by atoms with Crippen molar-refractivity contribution in [1.29, 1.82) is 10.8 Å². The van der Waals surface area contributed by atoms with Crippen LogP contribution < -0.4 is 16.0 Å². The van der Waals surface area contributed by atoms with Gasteiger partial charge in [-0.1, -0.05) is 30.3 Å². The zero-order chi connectivity index (χ0) is 25.9. The topological polar surface area (TPSA) is 174 Å². The van der Waals surface area contributed by atoms with E-state index in [0.29, 0.717) is 13.1 Å². The van der Waals surface area contributed by atoms with Crippen LogP contribution in [0.25, 0.3) is 0 Å². The molecule has 1 aromatic rings. The van der Waals surface area contributed by atoms with Gasteiger partial charge in [0.25, 0.3) is 0 Å². The van der Waals surface area contributed by atoms with Crippen molar-refractivity contribution in [2.24, 2.45) is 0 Å². The number of imide groups is 1. The quantitative estimate of drug-likeness (QED) is 0.275. The van der Waals surface area contributed by atoms with Crippen LogP contribution in [0, 0.1) is 10.8 Å². The van der Waals surface area contributed by atoms with Gasteiger partial charge in [0.1, 0.15) is 6.10 Å². The lowest BCUT2D eigenvalue weighted by molar-refractivity contribution is -0.139. The number of amides is 3. The summed E-state index contributed by atoms with van der Waals surface area (Å²) in [7, 11) is 0. The minimum atomic E-state index is -1.35. The molecule has 1 spiro atoms. The third kappa shape index (κ3) is 3.67. The Hall–Kier alpha value is -3.87. The molecular formula is C24H30N8O5. The predicted octanol–water partition coefficient (Wildman–Crippen LogP) is -1.09. The monoisotopic (exact) mass is 510 g/mol. The van der Waals surface area contributed by atoms with Crippen molar-refractivity contribution in [2.75, 3.05) is 26.2 Å². The van der Waals surface area contributed by atoms with E-state index in [1.807, 2.05) is 30.3 Å². The van der Waals surface area contributed by atoms with Crippen molar-refractivity contribution in [1.82, 2.24) is 30.7 Å². The summed E-state index contributed by atoms with van der Waals surface area (Å²) in [5.74, 6) is -0.464. The van der Waals surface area contributed by atoms with Gasteiger partial charge in [0.05, 0.1) is 25.2 Å². The molecule has 37 heavy (non-hydrogen) atoms. The number of aliphatic hydroxyl groups excluding tert-OH is 1. The maximum absolute atomic E-state index is 13.1. The standard InChI is InChI=1S/C24H30N8O5/c25-21-28-19-15(11-31-17(33)6-7-18(31)34)27-22(26)32-12-16(20(35)24(19,32)29-21)37-23(36)30-9-8-14(10-30)13-4-2-1-3-5-13/h1-5,14-16,19-20,35H,6-12H2,(H2,26,27)(H3,25,28,29)/t14?,15?,16-,19?,20+,24?/m0/s1. The number of nitrogens with one attached hydrogen (secondary N) is 5. The van der Waals surface area contributed by atoms with Gasteiger partial charge in [0.2, 0.25) is 11.8 Å². The number of hydrogen-bond donors (Lipinski definition) is 6. The van der Waals surface area contributed by atoms with Gasteiger partial charge in [-0.2, -0.15) is 0 Å². The zero-order valence-electron chi connectivity index (χ0n) is 20.1. The summed E-state index contributed by atoms with van der Waals surface area (Å²) < 4.78 is 5.79. The smallest absolute Gasteiger partial charge is 0.410 e. The van der Waals surface area contributed by atoms with Crippen LogP contribution in [0.2, 0.25) is 0 Å². The normalized spacial score (nSPS) is 34.7. The predicted molar refractivity (Wildman–Crippen MR) is 129 cm³/mol. The Morgan fingerprint density at radius 1 is 1.11 bits per heavy atom. The lowest BCUT2D eigenvalue weighted by atomic mass is 9.87. The number of ether oxygens (including phenoxy) is 1. The van der Waals surface area contributed by atoms with Gasteiger partial charge >= 0.3 is 6.09 Å². The van der Waals surface area contributed by atoms with E-state index < -0.39 is 36.0 Å². The lowest BCUT2D eigenvalue weighted by Gasteiger charge is -2.49. The van der Waals surface area contributed by atoms with Crippen LogP contribution in [-0.4, -0.2) is 106 Å². The molecule has 196 valence electrons. The van der Waals surface area contributed by atoms with Crippen LogP contribution in [0.15, 0.2) is 30.3 Å². The molecule has 0 aromatic heterocycles. The first-order valence-corrected chi connectivity index (χ1v) is 12.6. The molecule has 0 aliphatic carbocycles. The Balaban J connectivity index is 1.18. The highest BCUT2D eigenvalue weighted by Crippen LogP contribution is 2.39. The maximum Gasteiger partial charge on any atom is 0.410 e. The average Bonchev–Trinajstić information content (AvgIpc) is 3.64. The van der Waals surface area contributed by atoms with Crippen molar-refractivity contribution in [3.05, 3.63) is 35.9 Å². The second-order valence-electron chi connectivity index (χ2n) is 10.3. The van der Waals surface area contributed by atoms with E-state index in [9.17, 15) is 19.5 Å². The highest BCUT2D eigenvalue weighted by molar-refractivity contribution is 6.02. The summed E-state index contributed by atoms with van der Waals surface area (Å²) in [6.45, 7) is 1.10. The highest BCUT2D eigenvalue weighted by atomic mass is 16.6. The van der Waals surface area contributed by atoms with Gasteiger partial charge < -0.3 is 35.6 Å².